The third-order valence-electron chi connectivity index (χ3n) is 3.06. The van der Waals surface area contributed by atoms with Crippen molar-refractivity contribution in [3.05, 3.63) is 34.9 Å². The van der Waals surface area contributed by atoms with Gasteiger partial charge in [-0.05, 0) is 43.5 Å². The van der Waals surface area contributed by atoms with Crippen LogP contribution < -0.4 is 0 Å². The maximum Gasteiger partial charge on any atom is 0.0980 e. The molecule has 1 saturated heterocycles. The first kappa shape index (κ1) is 11.4. The second kappa shape index (κ2) is 5.34. The Kier molecular flexibility index (Phi) is 3.82. The van der Waals surface area contributed by atoms with Gasteiger partial charge in [0, 0.05) is 11.6 Å². The Morgan fingerprint density at radius 1 is 1.31 bits per heavy atom. The van der Waals surface area contributed by atoms with Crippen molar-refractivity contribution >= 4 is 11.6 Å². The van der Waals surface area contributed by atoms with Crippen molar-refractivity contribution in [1.82, 2.24) is 4.90 Å². The molecule has 0 amide bonds. The highest BCUT2D eigenvalue weighted by molar-refractivity contribution is 6.30. The second-order valence-corrected chi connectivity index (χ2v) is 4.67. The number of rotatable bonds is 2. The first-order valence-electron chi connectivity index (χ1n) is 5.68. The number of hydrogen-bond donors (Lipinski definition) is 0. The molecule has 84 valence electrons. The normalized spacial score (nSPS) is 21.6. The maximum atomic E-state index is 9.07. The zero-order valence-corrected chi connectivity index (χ0v) is 9.95. The van der Waals surface area contributed by atoms with Crippen LogP contribution in [0.5, 0.6) is 0 Å². The number of piperidine rings is 1. The van der Waals surface area contributed by atoms with Crippen molar-refractivity contribution < 1.29 is 0 Å². The topological polar surface area (TPSA) is 27.0 Å². The van der Waals surface area contributed by atoms with Gasteiger partial charge in [-0.25, -0.2) is 0 Å². The third kappa shape index (κ3) is 2.75. The average Bonchev–Trinajstić information content (AvgIpc) is 2.33. The van der Waals surface area contributed by atoms with Crippen LogP contribution in [0.25, 0.3) is 0 Å². The number of hydrogen-bond acceptors (Lipinski definition) is 2. The van der Waals surface area contributed by atoms with Gasteiger partial charge in [0.15, 0.2) is 0 Å². The lowest BCUT2D eigenvalue weighted by Crippen LogP contribution is -2.37. The summed E-state index contributed by atoms with van der Waals surface area (Å²) < 4.78 is 0. The second-order valence-electron chi connectivity index (χ2n) is 4.24. The van der Waals surface area contributed by atoms with Crippen LogP contribution in [0.15, 0.2) is 24.3 Å². The molecule has 1 atom stereocenters. The first-order chi connectivity index (χ1) is 7.79. The maximum absolute atomic E-state index is 9.07. The minimum absolute atomic E-state index is 0.0874. The summed E-state index contributed by atoms with van der Waals surface area (Å²) in [4.78, 5) is 2.26. The minimum Gasteiger partial charge on any atom is -0.284 e. The lowest BCUT2D eigenvalue weighted by molar-refractivity contribution is 0.176. The van der Waals surface area contributed by atoms with Crippen molar-refractivity contribution in [2.24, 2.45) is 0 Å². The lowest BCUT2D eigenvalue weighted by Gasteiger charge is -2.31. The molecule has 1 heterocycles. The molecule has 0 N–H and O–H groups in total. The average molecular weight is 235 g/mol. The van der Waals surface area contributed by atoms with E-state index >= 15 is 0 Å². The molecule has 0 bridgehead atoms. The van der Waals surface area contributed by atoms with Crippen molar-refractivity contribution in [2.75, 3.05) is 6.54 Å². The fourth-order valence-electron chi connectivity index (χ4n) is 2.15. The van der Waals surface area contributed by atoms with Gasteiger partial charge in [-0.3, -0.25) is 4.90 Å². The Hall–Kier alpha value is -1.04. The quantitative estimate of drug-likeness (QED) is 0.786. The Morgan fingerprint density at radius 3 is 2.75 bits per heavy atom. The predicted octanol–water partition coefficient (Wildman–Crippen LogP) is 3.22. The zero-order valence-electron chi connectivity index (χ0n) is 9.19. The highest BCUT2D eigenvalue weighted by Crippen LogP contribution is 2.19. The highest BCUT2D eigenvalue weighted by atomic mass is 35.5. The van der Waals surface area contributed by atoms with Crippen molar-refractivity contribution in [3.63, 3.8) is 0 Å². The fraction of sp³-hybridized carbons (Fsp3) is 0.462. The highest BCUT2D eigenvalue weighted by Gasteiger charge is 2.21. The SMILES string of the molecule is N#CC1CCCCN1Cc1ccc(Cl)cc1. The molecule has 3 heteroatoms. The van der Waals surface area contributed by atoms with Crippen LogP contribution in [0.2, 0.25) is 5.02 Å². The molecule has 2 nitrogen and oxygen atoms in total. The van der Waals surface area contributed by atoms with E-state index in [9.17, 15) is 0 Å². The number of benzene rings is 1. The van der Waals surface area contributed by atoms with Gasteiger partial charge in [-0.2, -0.15) is 5.26 Å². The van der Waals surface area contributed by atoms with Crippen LogP contribution in [0.1, 0.15) is 24.8 Å². The van der Waals surface area contributed by atoms with E-state index in [1.165, 1.54) is 18.4 Å². The van der Waals surface area contributed by atoms with Crippen molar-refractivity contribution in [3.8, 4) is 6.07 Å². The third-order valence-corrected chi connectivity index (χ3v) is 3.31. The van der Waals surface area contributed by atoms with E-state index in [4.69, 9.17) is 16.9 Å². The summed E-state index contributed by atoms with van der Waals surface area (Å²) in [6.07, 6.45) is 3.38. The molecular formula is C13H15ClN2. The monoisotopic (exact) mass is 234 g/mol. The Balaban J connectivity index is 2.02. The van der Waals surface area contributed by atoms with Gasteiger partial charge in [0.1, 0.15) is 0 Å². The molecule has 0 spiro atoms. The summed E-state index contributed by atoms with van der Waals surface area (Å²) in [5.41, 5.74) is 1.23. The molecule has 0 saturated carbocycles. The molecule has 1 unspecified atom stereocenters. The van der Waals surface area contributed by atoms with E-state index in [1.54, 1.807) is 0 Å². The van der Waals surface area contributed by atoms with Gasteiger partial charge in [-0.1, -0.05) is 23.7 Å². The van der Waals surface area contributed by atoms with Gasteiger partial charge in [-0.15, -0.1) is 0 Å². The van der Waals surface area contributed by atoms with Gasteiger partial charge >= 0.3 is 0 Å². The van der Waals surface area contributed by atoms with Gasteiger partial charge in [0.2, 0.25) is 0 Å². The molecule has 2 rings (SSSR count). The number of halogens is 1. The summed E-state index contributed by atoms with van der Waals surface area (Å²) in [5.74, 6) is 0. The first-order valence-corrected chi connectivity index (χ1v) is 6.05. The van der Waals surface area contributed by atoms with Crippen molar-refractivity contribution in [1.29, 1.82) is 5.26 Å². The van der Waals surface area contributed by atoms with Crippen LogP contribution in [0.4, 0.5) is 0 Å². The van der Waals surface area contributed by atoms with Gasteiger partial charge in [0.05, 0.1) is 12.1 Å². The van der Waals surface area contributed by atoms with E-state index in [0.29, 0.717) is 0 Å². The molecule has 1 aromatic carbocycles. The van der Waals surface area contributed by atoms with E-state index in [0.717, 1.165) is 24.5 Å². The smallest absolute Gasteiger partial charge is 0.0980 e. The summed E-state index contributed by atoms with van der Waals surface area (Å²) in [7, 11) is 0. The van der Waals surface area contributed by atoms with E-state index < -0.39 is 0 Å². The molecule has 0 radical (unpaired) electrons. The summed E-state index contributed by atoms with van der Waals surface area (Å²) in [6, 6.07) is 10.3. The molecule has 1 fully saturated rings. The molecule has 1 aliphatic heterocycles. The number of nitriles is 1. The van der Waals surface area contributed by atoms with Crippen molar-refractivity contribution in [2.45, 2.75) is 31.8 Å². The number of nitrogens with zero attached hydrogens (tertiary/aromatic N) is 2. The molecule has 1 aromatic rings. The van der Waals surface area contributed by atoms with Crippen LogP contribution in [0, 0.1) is 11.3 Å². The molecule has 0 aliphatic carbocycles. The predicted molar refractivity (Wildman–Crippen MR) is 65.1 cm³/mol. The Morgan fingerprint density at radius 2 is 2.06 bits per heavy atom. The van der Waals surface area contributed by atoms with Gasteiger partial charge in [0.25, 0.3) is 0 Å². The molecular weight excluding hydrogens is 220 g/mol. The van der Waals surface area contributed by atoms with Crippen LogP contribution >= 0.6 is 11.6 Å². The van der Waals surface area contributed by atoms with Crippen LogP contribution in [-0.4, -0.2) is 17.5 Å². The summed E-state index contributed by atoms with van der Waals surface area (Å²) in [6.45, 7) is 1.89. The summed E-state index contributed by atoms with van der Waals surface area (Å²) in [5, 5.41) is 9.83. The fourth-order valence-corrected chi connectivity index (χ4v) is 2.28. The Labute approximate surface area is 101 Å². The Bertz CT molecular complexity index is 380. The van der Waals surface area contributed by atoms with E-state index in [1.807, 2.05) is 24.3 Å². The minimum atomic E-state index is 0.0874. The number of likely N-dealkylation sites (tertiary alicyclic amines) is 1. The lowest BCUT2D eigenvalue weighted by atomic mass is 10.0. The van der Waals surface area contributed by atoms with E-state index in [2.05, 4.69) is 11.0 Å². The van der Waals surface area contributed by atoms with E-state index in [-0.39, 0.29) is 6.04 Å². The molecule has 1 aliphatic rings. The van der Waals surface area contributed by atoms with Crippen LogP contribution in [0.3, 0.4) is 0 Å². The van der Waals surface area contributed by atoms with Crippen LogP contribution in [-0.2, 0) is 6.54 Å². The zero-order chi connectivity index (χ0) is 11.4. The largest absolute Gasteiger partial charge is 0.284 e. The molecule has 16 heavy (non-hydrogen) atoms. The summed E-state index contributed by atoms with van der Waals surface area (Å²) >= 11 is 5.84. The van der Waals surface area contributed by atoms with Gasteiger partial charge < -0.3 is 0 Å². The molecule has 0 aromatic heterocycles. The standard InChI is InChI=1S/C13H15ClN2/c14-12-6-4-11(5-7-12)10-16-8-2-1-3-13(16)9-15/h4-7,13H,1-3,8,10H2.